The van der Waals surface area contributed by atoms with Gasteiger partial charge in [0, 0.05) is 37.5 Å². The fourth-order valence-electron chi connectivity index (χ4n) is 7.16. The Morgan fingerprint density at radius 3 is 2.46 bits per heavy atom. The van der Waals surface area contributed by atoms with Gasteiger partial charge in [0.25, 0.3) is 5.91 Å². The first-order valence-corrected chi connectivity index (χ1v) is 17.7. The monoisotopic (exact) mass is 709 g/mol. The number of amides is 4. The van der Waals surface area contributed by atoms with Crippen LogP contribution in [0.3, 0.4) is 0 Å². The molecule has 3 aromatic carbocycles. The standard InChI is InChI=1S/C33H36FN7O8S/c1-38-25-15-19(2-5-23(25)41(33(38)47)24-6-7-27(43)36-32(24)46)18-8-11-39(12-9-18)13-10-28(44)35-21-3-4-22-20(14-21)16-26(42)31(30(22)34)40-17-29(45)37-50(40,48)49/h2-5,14-16,18,24,42,48-49H,6-13,17H2,1H3,(H,35,44)(H,37,45)(H,36,43,46). The fourth-order valence-corrected chi connectivity index (χ4v) is 8.36. The lowest BCUT2D eigenvalue weighted by atomic mass is 9.89. The molecule has 264 valence electrons. The zero-order chi connectivity index (χ0) is 35.5. The Labute approximate surface area is 286 Å². The Morgan fingerprint density at radius 2 is 1.76 bits per heavy atom. The Balaban J connectivity index is 0.955. The van der Waals surface area contributed by atoms with Gasteiger partial charge in [-0.1, -0.05) is 6.07 Å². The van der Waals surface area contributed by atoms with Crippen LogP contribution in [0.15, 0.2) is 47.3 Å². The predicted molar refractivity (Wildman–Crippen MR) is 184 cm³/mol. The van der Waals surface area contributed by atoms with E-state index in [9.17, 15) is 38.2 Å². The molecule has 1 atom stereocenters. The third kappa shape index (κ3) is 6.06. The number of aromatic nitrogens is 2. The van der Waals surface area contributed by atoms with Crippen LogP contribution in [-0.4, -0.2) is 78.1 Å². The predicted octanol–water partition coefficient (Wildman–Crippen LogP) is 3.04. The van der Waals surface area contributed by atoms with E-state index < -0.39 is 52.6 Å². The van der Waals surface area contributed by atoms with Crippen LogP contribution in [-0.2, 0) is 26.2 Å². The molecule has 6 N–H and O–H groups in total. The van der Waals surface area contributed by atoms with E-state index in [-0.39, 0.29) is 53.5 Å². The van der Waals surface area contributed by atoms with Crippen molar-refractivity contribution in [3.05, 3.63) is 64.3 Å². The highest BCUT2D eigenvalue weighted by Crippen LogP contribution is 2.50. The molecule has 3 aliphatic rings. The van der Waals surface area contributed by atoms with E-state index in [1.54, 1.807) is 7.05 Å². The minimum atomic E-state index is -3.84. The summed E-state index contributed by atoms with van der Waals surface area (Å²) in [7, 11) is -2.16. The lowest BCUT2D eigenvalue weighted by molar-refractivity contribution is -0.135. The van der Waals surface area contributed by atoms with Crippen LogP contribution < -0.4 is 25.4 Å². The maximum absolute atomic E-state index is 15.4. The molecule has 7 rings (SSSR count). The van der Waals surface area contributed by atoms with Crippen molar-refractivity contribution in [2.24, 2.45) is 7.05 Å². The number of phenolic OH excluding ortho intramolecular Hbond substituents is 1. The number of hydrogen-bond donors (Lipinski definition) is 6. The smallest absolute Gasteiger partial charge is 0.329 e. The van der Waals surface area contributed by atoms with Gasteiger partial charge in [0.2, 0.25) is 17.7 Å². The number of likely N-dealkylation sites (tertiary alicyclic amines) is 1. The molecule has 3 fully saturated rings. The van der Waals surface area contributed by atoms with Crippen molar-refractivity contribution in [3.63, 3.8) is 0 Å². The summed E-state index contributed by atoms with van der Waals surface area (Å²) in [6, 6.07) is 10.8. The number of benzene rings is 3. The summed E-state index contributed by atoms with van der Waals surface area (Å²) in [5, 5.41) is 16.0. The van der Waals surface area contributed by atoms with E-state index in [4.69, 9.17) is 0 Å². The first-order chi connectivity index (χ1) is 23.8. The summed E-state index contributed by atoms with van der Waals surface area (Å²) >= 11 is 0. The molecule has 4 amide bonds. The van der Waals surface area contributed by atoms with Gasteiger partial charge in [-0.15, -0.1) is 0 Å². The molecule has 1 aromatic heterocycles. The highest BCUT2D eigenvalue weighted by atomic mass is 32.3. The van der Waals surface area contributed by atoms with Crippen molar-refractivity contribution in [2.75, 3.05) is 35.8 Å². The number of nitrogens with zero attached hydrogens (tertiary/aromatic N) is 4. The molecule has 0 radical (unpaired) electrons. The highest BCUT2D eigenvalue weighted by Gasteiger charge is 2.38. The number of phenols is 1. The number of imidazole rings is 1. The summed E-state index contributed by atoms with van der Waals surface area (Å²) < 4.78 is 41.4. The van der Waals surface area contributed by atoms with E-state index in [0.717, 1.165) is 37.0 Å². The molecule has 0 aliphatic carbocycles. The van der Waals surface area contributed by atoms with Crippen molar-refractivity contribution in [3.8, 4) is 5.75 Å². The van der Waals surface area contributed by atoms with Gasteiger partial charge in [-0.05, 0) is 96.6 Å². The molecule has 50 heavy (non-hydrogen) atoms. The zero-order valence-electron chi connectivity index (χ0n) is 27.0. The topological polar surface area (TPSA) is 198 Å². The molecule has 1 unspecified atom stereocenters. The first-order valence-electron chi connectivity index (χ1n) is 16.2. The molecule has 0 bridgehead atoms. The highest BCUT2D eigenvalue weighted by molar-refractivity contribution is 8.24. The van der Waals surface area contributed by atoms with Gasteiger partial charge in [0.1, 0.15) is 24.0 Å². The van der Waals surface area contributed by atoms with Gasteiger partial charge in [-0.2, -0.15) is 0 Å². The largest absolute Gasteiger partial charge is 0.506 e. The molecular weight excluding hydrogens is 673 g/mol. The van der Waals surface area contributed by atoms with E-state index in [2.05, 4.69) is 15.5 Å². The van der Waals surface area contributed by atoms with E-state index >= 15 is 4.39 Å². The van der Waals surface area contributed by atoms with Crippen LogP contribution in [0.2, 0.25) is 0 Å². The average Bonchev–Trinajstić information content (AvgIpc) is 3.48. The van der Waals surface area contributed by atoms with Crippen LogP contribution in [0, 0.1) is 5.82 Å². The molecule has 4 aromatic rings. The number of hydrogen-bond acceptors (Lipinski definition) is 10. The SMILES string of the molecule is Cn1c(=O)n(C2CCC(=O)NC2=O)c2ccc(C3CCN(CCC(=O)Nc4ccc5c(F)c(N6CC(=O)NS6(O)O)c(O)cc5c4)CC3)cc21. The van der Waals surface area contributed by atoms with Crippen molar-refractivity contribution in [1.82, 2.24) is 24.1 Å². The molecule has 3 aliphatic heterocycles. The number of nitrogens with one attached hydrogen (secondary N) is 3. The number of fused-ring (bicyclic) bond motifs is 2. The second kappa shape index (κ2) is 12.7. The lowest BCUT2D eigenvalue weighted by Crippen LogP contribution is -2.44. The summed E-state index contributed by atoms with van der Waals surface area (Å²) in [5.74, 6) is -3.04. The van der Waals surface area contributed by atoms with Gasteiger partial charge in [0.05, 0.1) is 11.0 Å². The number of rotatable bonds is 7. The molecule has 17 heteroatoms. The van der Waals surface area contributed by atoms with Crippen LogP contribution in [0.25, 0.3) is 21.8 Å². The van der Waals surface area contributed by atoms with Crippen LogP contribution >= 0.6 is 11.0 Å². The van der Waals surface area contributed by atoms with Crippen LogP contribution in [0.5, 0.6) is 5.75 Å². The molecule has 3 saturated heterocycles. The van der Waals surface area contributed by atoms with E-state index in [1.807, 2.05) is 22.9 Å². The first kappa shape index (κ1) is 33.5. The molecule has 4 heterocycles. The van der Waals surface area contributed by atoms with Crippen LogP contribution in [0.4, 0.5) is 15.8 Å². The van der Waals surface area contributed by atoms with Crippen molar-refractivity contribution in [1.29, 1.82) is 0 Å². The Kier molecular flexibility index (Phi) is 8.53. The van der Waals surface area contributed by atoms with Crippen LogP contribution in [0.1, 0.15) is 49.6 Å². The number of imide groups is 1. The number of aromatic hydroxyl groups is 1. The quantitative estimate of drug-likeness (QED) is 0.155. The Morgan fingerprint density at radius 1 is 1.00 bits per heavy atom. The number of anilines is 2. The molecule has 0 saturated carbocycles. The van der Waals surface area contributed by atoms with E-state index in [0.29, 0.717) is 22.1 Å². The summed E-state index contributed by atoms with van der Waals surface area (Å²) in [6.07, 6.45) is 2.38. The maximum Gasteiger partial charge on any atom is 0.329 e. The van der Waals surface area contributed by atoms with Gasteiger partial charge in [-0.3, -0.25) is 42.7 Å². The minimum Gasteiger partial charge on any atom is -0.506 e. The third-order valence-corrected chi connectivity index (χ3v) is 11.2. The Bertz CT molecular complexity index is 2140. The fraction of sp³-hybridized carbons (Fsp3) is 0.364. The second-order valence-corrected chi connectivity index (χ2v) is 14.6. The summed E-state index contributed by atoms with van der Waals surface area (Å²) in [6.45, 7) is 1.53. The average molecular weight is 710 g/mol. The van der Waals surface area contributed by atoms with Crippen molar-refractivity contribution in [2.45, 2.75) is 44.1 Å². The summed E-state index contributed by atoms with van der Waals surface area (Å²) in [4.78, 5) is 64.0. The molecule has 15 nitrogen and oxygen atoms in total. The van der Waals surface area contributed by atoms with Gasteiger partial charge < -0.3 is 15.3 Å². The normalized spacial score (nSPS) is 20.7. The second-order valence-electron chi connectivity index (χ2n) is 12.9. The Hall–Kier alpha value is -4.97. The maximum atomic E-state index is 15.4. The van der Waals surface area contributed by atoms with E-state index in [1.165, 1.54) is 33.4 Å². The van der Waals surface area contributed by atoms with Gasteiger partial charge in [0.15, 0.2) is 5.82 Å². The number of carbonyl (C=O) groups is 4. The van der Waals surface area contributed by atoms with Crippen molar-refractivity contribution < 1.29 is 37.8 Å². The third-order valence-electron chi connectivity index (χ3n) is 9.76. The minimum absolute atomic E-state index is 0.0569. The van der Waals surface area contributed by atoms with Gasteiger partial charge in [-0.25, -0.2) is 18.2 Å². The number of halogens is 1. The van der Waals surface area contributed by atoms with Gasteiger partial charge >= 0.3 is 5.69 Å². The number of piperidine rings is 2. The molecule has 0 spiro atoms. The number of aryl methyl sites for hydroxylation is 1. The summed E-state index contributed by atoms with van der Waals surface area (Å²) in [5.41, 5.74) is 2.05. The molecular formula is C33H36FN7O8S. The van der Waals surface area contributed by atoms with Crippen molar-refractivity contribution >= 4 is 67.8 Å². The zero-order valence-corrected chi connectivity index (χ0v) is 27.8. The number of carbonyl (C=O) groups excluding carboxylic acids is 4. The lowest BCUT2D eigenvalue weighted by Gasteiger charge is -2.36.